The molecule has 0 saturated carbocycles. The zero-order valence-electron chi connectivity index (χ0n) is 13.4. The van der Waals surface area contributed by atoms with E-state index in [1.807, 2.05) is 0 Å². The average molecular weight is 316 g/mol. The van der Waals surface area contributed by atoms with Crippen LogP contribution in [0.25, 0.3) is 0 Å². The summed E-state index contributed by atoms with van der Waals surface area (Å²) in [5.74, 6) is -2.13. The van der Waals surface area contributed by atoms with Crippen LogP contribution in [0.15, 0.2) is 0 Å². The van der Waals surface area contributed by atoms with Crippen LogP contribution in [0.4, 0.5) is 0 Å². The van der Waals surface area contributed by atoms with Gasteiger partial charge in [-0.2, -0.15) is 0 Å². The summed E-state index contributed by atoms with van der Waals surface area (Å²) in [6, 6.07) is -1.70. The summed E-state index contributed by atoms with van der Waals surface area (Å²) in [6.45, 7) is 4.85. The normalized spacial score (nSPS) is 15.7. The SMILES string of the molecule is CNC(=O)[C@H](C)NC(=O)[C@H](C)NC(=O)[C@](C)(CO)NC(C)=O. The van der Waals surface area contributed by atoms with Crippen LogP contribution < -0.4 is 21.3 Å². The summed E-state index contributed by atoms with van der Waals surface area (Å²) in [6.07, 6.45) is 0. The van der Waals surface area contributed by atoms with Crippen molar-refractivity contribution in [2.75, 3.05) is 13.7 Å². The van der Waals surface area contributed by atoms with E-state index < -0.39 is 42.0 Å². The van der Waals surface area contributed by atoms with Gasteiger partial charge in [0.25, 0.3) is 0 Å². The number of hydrogen-bond acceptors (Lipinski definition) is 5. The van der Waals surface area contributed by atoms with Crippen molar-refractivity contribution < 1.29 is 24.3 Å². The lowest BCUT2D eigenvalue weighted by Gasteiger charge is -2.28. The van der Waals surface area contributed by atoms with E-state index in [1.54, 1.807) is 0 Å². The molecule has 0 aromatic rings. The summed E-state index contributed by atoms with van der Waals surface area (Å²) in [5, 5.41) is 18.8. The van der Waals surface area contributed by atoms with Crippen LogP contribution in [0.1, 0.15) is 27.7 Å². The molecule has 0 spiro atoms. The van der Waals surface area contributed by atoms with E-state index >= 15 is 0 Å². The highest BCUT2D eigenvalue weighted by Crippen LogP contribution is 2.03. The van der Waals surface area contributed by atoms with Crippen LogP contribution in [0.2, 0.25) is 0 Å². The third kappa shape index (κ3) is 5.68. The Morgan fingerprint density at radius 2 is 1.55 bits per heavy atom. The maximum absolute atomic E-state index is 12.1. The van der Waals surface area contributed by atoms with Gasteiger partial charge in [0.15, 0.2) is 0 Å². The van der Waals surface area contributed by atoms with Gasteiger partial charge in [-0.05, 0) is 20.8 Å². The lowest BCUT2D eigenvalue weighted by molar-refractivity contribution is -0.136. The highest BCUT2D eigenvalue weighted by atomic mass is 16.3. The largest absolute Gasteiger partial charge is 0.393 e. The highest BCUT2D eigenvalue weighted by Gasteiger charge is 2.35. The number of amides is 4. The summed E-state index contributed by atoms with van der Waals surface area (Å²) < 4.78 is 0. The van der Waals surface area contributed by atoms with Crippen molar-refractivity contribution >= 4 is 23.6 Å². The monoisotopic (exact) mass is 316 g/mol. The highest BCUT2D eigenvalue weighted by molar-refractivity contribution is 5.95. The van der Waals surface area contributed by atoms with Crippen LogP contribution in [0, 0.1) is 0 Å². The Bertz CT molecular complexity index is 454. The Balaban J connectivity index is 4.72. The molecule has 0 radical (unpaired) electrons. The molecule has 0 aliphatic heterocycles. The molecule has 0 heterocycles. The fraction of sp³-hybridized carbons (Fsp3) is 0.692. The molecule has 9 nitrogen and oxygen atoms in total. The Hall–Kier alpha value is -2.16. The summed E-state index contributed by atoms with van der Waals surface area (Å²) in [4.78, 5) is 46.4. The van der Waals surface area contributed by atoms with Crippen molar-refractivity contribution in [2.24, 2.45) is 0 Å². The second-order valence-corrected chi connectivity index (χ2v) is 5.21. The molecule has 0 unspecified atom stereocenters. The van der Waals surface area contributed by atoms with Crippen LogP contribution in [0.5, 0.6) is 0 Å². The lowest BCUT2D eigenvalue weighted by atomic mass is 10.0. The number of aliphatic hydroxyl groups excluding tert-OH is 1. The fourth-order valence-corrected chi connectivity index (χ4v) is 1.60. The topological polar surface area (TPSA) is 137 Å². The van der Waals surface area contributed by atoms with Crippen molar-refractivity contribution in [3.8, 4) is 0 Å². The van der Waals surface area contributed by atoms with Gasteiger partial charge >= 0.3 is 0 Å². The van der Waals surface area contributed by atoms with E-state index in [9.17, 15) is 24.3 Å². The molecule has 126 valence electrons. The molecule has 0 aromatic heterocycles. The second-order valence-electron chi connectivity index (χ2n) is 5.21. The van der Waals surface area contributed by atoms with Gasteiger partial charge in [0.05, 0.1) is 6.61 Å². The number of likely N-dealkylation sites (N-methyl/N-ethyl adjacent to an activating group) is 1. The maximum Gasteiger partial charge on any atom is 0.248 e. The molecule has 0 aliphatic rings. The molecule has 22 heavy (non-hydrogen) atoms. The van der Waals surface area contributed by atoms with Gasteiger partial charge in [0.2, 0.25) is 23.6 Å². The van der Waals surface area contributed by atoms with Crippen molar-refractivity contribution in [3.63, 3.8) is 0 Å². The Kier molecular flexibility index (Phi) is 7.51. The average Bonchev–Trinajstić information content (AvgIpc) is 2.44. The first-order chi connectivity index (χ1) is 10.1. The number of hydrogen-bond donors (Lipinski definition) is 5. The first-order valence-corrected chi connectivity index (χ1v) is 6.80. The first kappa shape index (κ1) is 19.8. The zero-order valence-corrected chi connectivity index (χ0v) is 13.4. The molecule has 0 aromatic carbocycles. The predicted octanol–water partition coefficient (Wildman–Crippen LogP) is -2.37. The predicted molar refractivity (Wildman–Crippen MR) is 78.6 cm³/mol. The van der Waals surface area contributed by atoms with Gasteiger partial charge in [-0.25, -0.2) is 0 Å². The lowest BCUT2D eigenvalue weighted by Crippen LogP contribution is -2.62. The molecule has 0 rings (SSSR count). The molecule has 0 bridgehead atoms. The maximum atomic E-state index is 12.1. The quantitative estimate of drug-likeness (QED) is 0.357. The molecule has 0 saturated heterocycles. The van der Waals surface area contributed by atoms with Crippen molar-refractivity contribution in [1.29, 1.82) is 0 Å². The summed E-state index contributed by atoms with van der Waals surface area (Å²) >= 11 is 0. The number of carbonyl (C=O) groups excluding carboxylic acids is 4. The Morgan fingerprint density at radius 3 is 1.95 bits per heavy atom. The van der Waals surface area contributed by atoms with Crippen molar-refractivity contribution in [2.45, 2.75) is 45.3 Å². The van der Waals surface area contributed by atoms with Crippen LogP contribution in [-0.4, -0.2) is 60.0 Å². The molecular weight excluding hydrogens is 292 g/mol. The van der Waals surface area contributed by atoms with E-state index in [0.29, 0.717) is 0 Å². The van der Waals surface area contributed by atoms with Gasteiger partial charge in [-0.1, -0.05) is 0 Å². The van der Waals surface area contributed by atoms with Gasteiger partial charge in [-0.3, -0.25) is 19.2 Å². The molecule has 0 fully saturated rings. The van der Waals surface area contributed by atoms with Gasteiger partial charge in [-0.15, -0.1) is 0 Å². The van der Waals surface area contributed by atoms with Crippen LogP contribution >= 0.6 is 0 Å². The minimum absolute atomic E-state index is 0.370. The van der Waals surface area contributed by atoms with Crippen molar-refractivity contribution in [3.05, 3.63) is 0 Å². The fourth-order valence-electron chi connectivity index (χ4n) is 1.60. The van der Waals surface area contributed by atoms with E-state index in [4.69, 9.17) is 0 Å². The summed E-state index contributed by atoms with van der Waals surface area (Å²) in [7, 11) is 1.44. The number of rotatable bonds is 7. The van der Waals surface area contributed by atoms with E-state index in [1.165, 1.54) is 34.7 Å². The van der Waals surface area contributed by atoms with Crippen molar-refractivity contribution in [1.82, 2.24) is 21.3 Å². The Labute approximate surface area is 129 Å². The minimum atomic E-state index is -1.53. The Morgan fingerprint density at radius 1 is 1.05 bits per heavy atom. The molecule has 5 N–H and O–H groups in total. The van der Waals surface area contributed by atoms with E-state index in [2.05, 4.69) is 21.3 Å². The third-order valence-electron chi connectivity index (χ3n) is 3.01. The smallest absolute Gasteiger partial charge is 0.248 e. The minimum Gasteiger partial charge on any atom is -0.393 e. The molecule has 0 aliphatic carbocycles. The molecular formula is C13H24N4O5. The second kappa shape index (κ2) is 8.32. The molecule has 3 atom stereocenters. The van der Waals surface area contributed by atoms with Gasteiger partial charge < -0.3 is 26.4 Å². The van der Waals surface area contributed by atoms with E-state index in [0.717, 1.165) is 0 Å². The van der Waals surface area contributed by atoms with E-state index in [-0.39, 0.29) is 5.91 Å². The van der Waals surface area contributed by atoms with Gasteiger partial charge in [0, 0.05) is 14.0 Å². The number of aliphatic hydroxyl groups is 1. The summed E-state index contributed by atoms with van der Waals surface area (Å²) in [5.41, 5.74) is -1.53. The zero-order chi connectivity index (χ0) is 17.5. The van der Waals surface area contributed by atoms with Crippen LogP contribution in [-0.2, 0) is 19.2 Å². The molecule has 9 heteroatoms. The number of nitrogens with one attached hydrogen (secondary N) is 4. The third-order valence-corrected chi connectivity index (χ3v) is 3.01. The number of carbonyl (C=O) groups is 4. The van der Waals surface area contributed by atoms with Crippen LogP contribution in [0.3, 0.4) is 0 Å². The first-order valence-electron chi connectivity index (χ1n) is 6.80. The van der Waals surface area contributed by atoms with Gasteiger partial charge in [0.1, 0.15) is 17.6 Å². The standard InChI is InChI=1S/C13H24N4O5/c1-7(10(20)14-5)15-11(21)8(2)16-12(22)13(4,6-18)17-9(3)19/h7-8,18H,6H2,1-5H3,(H,14,20)(H,15,21)(H,16,22)(H,17,19)/t7-,8-,13-/m0/s1. The molecule has 4 amide bonds.